The van der Waals surface area contributed by atoms with Crippen molar-refractivity contribution in [3.8, 4) is 22.9 Å². The van der Waals surface area contributed by atoms with Crippen LogP contribution in [0.4, 0.5) is 28.4 Å². The molecule has 0 aliphatic heterocycles. The molecular weight excluding hydrogens is 810 g/mol. The summed E-state index contributed by atoms with van der Waals surface area (Å²) in [6.45, 7) is 3.18. The Morgan fingerprint density at radius 1 is 0.632 bits per heavy atom. The van der Waals surface area contributed by atoms with E-state index in [1.165, 1.54) is 33.6 Å². The smallest absolute Gasteiger partial charge is 0.871 e. The molecule has 0 N–H and O–H groups in total. The zero-order chi connectivity index (χ0) is 39.4. The van der Waals surface area contributed by atoms with Gasteiger partial charge in [0.2, 0.25) is 0 Å². The van der Waals surface area contributed by atoms with Crippen LogP contribution in [-0.4, -0.2) is 27.3 Å². The molecule has 0 unspecified atom stereocenters. The van der Waals surface area contributed by atoms with Gasteiger partial charge in [-0.05, 0) is 36.4 Å². The maximum Gasteiger partial charge on any atom is 3.00 e. The van der Waals surface area contributed by atoms with E-state index in [0.717, 1.165) is 18.2 Å². The van der Waals surface area contributed by atoms with Gasteiger partial charge in [0.1, 0.15) is 21.5 Å². The van der Waals surface area contributed by atoms with Crippen LogP contribution in [0.2, 0.25) is 0 Å². The van der Waals surface area contributed by atoms with Crippen molar-refractivity contribution in [3.05, 3.63) is 151 Å². The zero-order valence-electron chi connectivity index (χ0n) is 29.9. The molecule has 1 radical (unpaired) electrons. The van der Waals surface area contributed by atoms with Gasteiger partial charge in [-0.3, -0.25) is 19.7 Å². The third-order valence-corrected chi connectivity index (χ3v) is 8.73. The normalized spacial score (nSPS) is 11.2. The molecule has 0 bridgehead atoms. The van der Waals surface area contributed by atoms with Gasteiger partial charge in [-0.2, -0.15) is 10.2 Å². The minimum absolute atomic E-state index is 0. The average molecular weight is 834 g/mol. The minimum atomic E-state index is -4.86. The zero-order valence-corrected chi connectivity index (χ0v) is 34.0. The molecule has 0 saturated heterocycles. The predicted octanol–water partition coefficient (Wildman–Crippen LogP) is 2.15. The van der Waals surface area contributed by atoms with Crippen molar-refractivity contribution in [2.24, 2.45) is 20.5 Å². The Morgan fingerprint density at radius 3 is 1.56 bits per heavy atom. The first-order valence-corrected chi connectivity index (χ1v) is 17.3. The number of azo groups is 2. The molecule has 281 valence electrons. The number of aryl methyl sites for hydroxylation is 2. The van der Waals surface area contributed by atoms with Gasteiger partial charge < -0.3 is 34.3 Å². The van der Waals surface area contributed by atoms with Gasteiger partial charge in [0.25, 0.3) is 16.8 Å². The number of para-hydroxylation sites is 2. The van der Waals surface area contributed by atoms with Gasteiger partial charge in [-0.1, -0.05) is 86.0 Å². The van der Waals surface area contributed by atoms with E-state index < -0.39 is 42.6 Å². The number of rotatable bonds is 8. The molecule has 5 aromatic carbocycles. The van der Waals surface area contributed by atoms with Crippen LogP contribution in [0, 0.1) is 24.0 Å². The molecule has 57 heavy (non-hydrogen) atoms. The van der Waals surface area contributed by atoms with Crippen molar-refractivity contribution in [1.82, 2.24) is 19.6 Å². The molecule has 0 aliphatic rings. The molecule has 18 nitrogen and oxygen atoms in total. The fraction of sp³-hybridized carbons (Fsp3) is 0.0556. The third kappa shape index (κ3) is 9.53. The molecule has 7 rings (SSSR count). The molecule has 2 aromatic heterocycles. The second-order valence-corrected chi connectivity index (χ2v) is 12.9. The van der Waals surface area contributed by atoms with Gasteiger partial charge in [-0.25, -0.2) is 8.42 Å². The molecule has 0 atom stereocenters. The summed E-state index contributed by atoms with van der Waals surface area (Å²) in [7, 11) is -4.86. The summed E-state index contributed by atoms with van der Waals surface area (Å²) in [5, 5.41) is 58.8. The van der Waals surface area contributed by atoms with Crippen LogP contribution < -0.4 is 61.1 Å². The molecular formula is C36H24CrN9NaO9S-. The minimum Gasteiger partial charge on any atom is -0.871 e. The molecule has 0 fully saturated rings. The quantitative estimate of drug-likeness (QED) is 0.0704. The van der Waals surface area contributed by atoms with Gasteiger partial charge in [-0.15, -0.1) is 21.6 Å². The number of hydrogen-bond donors (Lipinski definition) is 0. The topological polar surface area (TPSA) is 268 Å². The Bertz CT molecular complexity index is 2880. The Hall–Kier alpha value is -5.98. The molecule has 0 saturated carbocycles. The maximum atomic E-state index is 12.7. The van der Waals surface area contributed by atoms with Gasteiger partial charge in [0.05, 0.1) is 21.2 Å². The van der Waals surface area contributed by atoms with Crippen LogP contribution in [0.5, 0.6) is 11.5 Å². The molecule has 0 amide bonds. The van der Waals surface area contributed by atoms with Crippen molar-refractivity contribution in [2.45, 2.75) is 18.7 Å². The van der Waals surface area contributed by atoms with Gasteiger partial charge in [0, 0.05) is 34.3 Å². The molecule has 7 aromatic rings. The second-order valence-electron chi connectivity index (χ2n) is 11.5. The fourth-order valence-corrected chi connectivity index (χ4v) is 5.93. The number of hydrogen-bond acceptors (Lipinski definition) is 13. The van der Waals surface area contributed by atoms with E-state index in [1.807, 2.05) is 6.07 Å². The maximum absolute atomic E-state index is 12.7. The number of benzene rings is 5. The molecule has 0 spiro atoms. The molecule has 21 heteroatoms. The van der Waals surface area contributed by atoms with E-state index in [0.29, 0.717) is 22.8 Å². The van der Waals surface area contributed by atoms with Crippen molar-refractivity contribution in [1.29, 1.82) is 0 Å². The van der Waals surface area contributed by atoms with E-state index in [-0.39, 0.29) is 86.1 Å². The number of fused-ring (bicyclic) bond motifs is 1. The summed E-state index contributed by atoms with van der Waals surface area (Å²) in [4.78, 5) is 34.4. The third-order valence-electron chi connectivity index (χ3n) is 7.85. The van der Waals surface area contributed by atoms with E-state index >= 15 is 0 Å². The number of nitro benzene ring substituents is 1. The van der Waals surface area contributed by atoms with Crippen LogP contribution in [0.1, 0.15) is 11.4 Å². The van der Waals surface area contributed by atoms with Crippen molar-refractivity contribution < 1.29 is 75.0 Å². The Balaban J connectivity index is 0.000000248. The SMILES string of the molecule is Cc1[n-]n(-c2ccccc2)c(=O)c1N=Nc1c([O-])cc(S(=O)(=O)[O-])c2ccccc12.Cc1[n-]n(-c2ccccc2)c(=O)c1N=Nc1ccc([N+](=O)[O-])cc1[O-].[Cr+3].[Na+]. The van der Waals surface area contributed by atoms with Crippen LogP contribution in [-0.2, 0) is 27.5 Å². The molecule has 0 aliphatic carbocycles. The van der Waals surface area contributed by atoms with Crippen LogP contribution in [0.25, 0.3) is 22.1 Å². The summed E-state index contributed by atoms with van der Waals surface area (Å²) in [5.41, 5.74) is 0.144. The predicted molar refractivity (Wildman–Crippen MR) is 192 cm³/mol. The van der Waals surface area contributed by atoms with Crippen molar-refractivity contribution >= 4 is 49.3 Å². The fourth-order valence-electron chi connectivity index (χ4n) is 5.23. The Morgan fingerprint density at radius 2 is 1.09 bits per heavy atom. The number of nitrogens with zero attached hydrogens (tertiary/aromatic N) is 9. The summed E-state index contributed by atoms with van der Waals surface area (Å²) < 4.78 is 36.9. The summed E-state index contributed by atoms with van der Waals surface area (Å²) in [5.74, 6) is -1.45. The average Bonchev–Trinajstić information content (AvgIpc) is 3.62. The van der Waals surface area contributed by atoms with E-state index in [9.17, 15) is 42.9 Å². The summed E-state index contributed by atoms with van der Waals surface area (Å²) in [6.07, 6.45) is 0. The van der Waals surface area contributed by atoms with E-state index in [4.69, 9.17) is 0 Å². The summed E-state index contributed by atoms with van der Waals surface area (Å²) in [6, 6.07) is 27.4. The molecule has 2 heterocycles. The van der Waals surface area contributed by atoms with Crippen LogP contribution in [0.3, 0.4) is 0 Å². The van der Waals surface area contributed by atoms with E-state index in [2.05, 4.69) is 30.7 Å². The first-order chi connectivity index (χ1) is 26.2. The Labute approximate surface area is 355 Å². The second kappa shape index (κ2) is 18.3. The van der Waals surface area contributed by atoms with Gasteiger partial charge in [0.15, 0.2) is 0 Å². The van der Waals surface area contributed by atoms with E-state index in [1.54, 1.807) is 74.5 Å². The van der Waals surface area contributed by atoms with Gasteiger partial charge >= 0.3 is 46.9 Å². The number of nitro groups is 1. The first kappa shape index (κ1) is 43.7. The number of aromatic nitrogens is 4. The largest absolute Gasteiger partial charge is 3.00 e. The standard InChI is InChI=1S/C20H16N4O5S.C16H13N5O4.Cr.Na/c1-12-18(20(26)24(23-12)13-7-3-2-4-8-13)21-22-19-15-10-6-5-9-14(15)17(11-16(19)25)30(27,28)29;1-10-15(16(23)20(19-10)11-5-3-2-4-6-11)18-17-13-8-7-12(21(24)25)9-14(13)22;;/h2-11H,1H3,(H3,21,22,23,25,26,27,28,29);2-9H,1H3,(H2,17,18,19,22,23);;/q;;+3;+1/p-5. The Kier molecular flexibility index (Phi) is 14.1. The van der Waals surface area contributed by atoms with Crippen LogP contribution in [0.15, 0.2) is 144 Å². The number of non-ortho nitro benzene ring substituents is 1. The van der Waals surface area contributed by atoms with Crippen molar-refractivity contribution in [2.75, 3.05) is 0 Å². The first-order valence-electron chi connectivity index (χ1n) is 15.9. The van der Waals surface area contributed by atoms with Crippen LogP contribution >= 0.6 is 0 Å². The monoisotopic (exact) mass is 833 g/mol. The van der Waals surface area contributed by atoms with Crippen molar-refractivity contribution in [3.63, 3.8) is 0 Å². The summed E-state index contributed by atoms with van der Waals surface area (Å²) >= 11 is 0.